The van der Waals surface area contributed by atoms with Gasteiger partial charge < -0.3 is 0 Å². The van der Waals surface area contributed by atoms with Gasteiger partial charge >= 0.3 is 0 Å². The number of likely N-dealkylation sites (N-methyl/N-ethyl adjacent to an activating group) is 1. The maximum Gasteiger partial charge on any atom is 0.266 e. The zero-order valence-corrected chi connectivity index (χ0v) is 17.3. The Kier molecular flexibility index (Phi) is 5.19. The van der Waals surface area contributed by atoms with E-state index in [1.807, 2.05) is 24.3 Å². The third kappa shape index (κ3) is 3.81. The molecule has 1 saturated heterocycles. The summed E-state index contributed by atoms with van der Waals surface area (Å²) >= 11 is 2.79. The van der Waals surface area contributed by atoms with Gasteiger partial charge in [0.1, 0.15) is 5.01 Å². The van der Waals surface area contributed by atoms with Crippen LogP contribution in [0, 0.1) is 5.92 Å². The van der Waals surface area contributed by atoms with Crippen molar-refractivity contribution in [3.63, 3.8) is 0 Å². The van der Waals surface area contributed by atoms with Crippen LogP contribution in [0.2, 0.25) is 0 Å². The zero-order chi connectivity index (χ0) is 19.7. The fraction of sp³-hybridized carbons (Fsp3) is 0.263. The number of hydrogen-bond acceptors (Lipinski definition) is 8. The van der Waals surface area contributed by atoms with Crippen molar-refractivity contribution in [2.24, 2.45) is 10.9 Å². The molecule has 0 saturated carbocycles. The third-order valence-corrected chi connectivity index (χ3v) is 5.95. The van der Waals surface area contributed by atoms with Crippen LogP contribution in [0.4, 0.5) is 5.13 Å². The van der Waals surface area contributed by atoms with E-state index >= 15 is 0 Å². The average Bonchev–Trinajstić information content (AvgIpc) is 3.21. The molecule has 7 nitrogen and oxygen atoms in total. The van der Waals surface area contributed by atoms with Gasteiger partial charge in [0, 0.05) is 31.4 Å². The van der Waals surface area contributed by atoms with E-state index in [0.29, 0.717) is 21.1 Å². The van der Waals surface area contributed by atoms with Crippen LogP contribution >= 0.6 is 23.1 Å². The fourth-order valence-electron chi connectivity index (χ4n) is 2.73. The zero-order valence-electron chi connectivity index (χ0n) is 15.7. The van der Waals surface area contributed by atoms with Gasteiger partial charge in [-0.05, 0) is 29.8 Å². The van der Waals surface area contributed by atoms with Crippen molar-refractivity contribution in [3.05, 3.63) is 46.1 Å². The first-order valence-electron chi connectivity index (χ1n) is 8.79. The molecular formula is C19H18N6OS2. The maximum atomic E-state index is 12.7. The monoisotopic (exact) mass is 410 g/mol. The van der Waals surface area contributed by atoms with E-state index in [-0.39, 0.29) is 5.91 Å². The summed E-state index contributed by atoms with van der Waals surface area (Å²) in [6.07, 6.45) is 6.02. The van der Waals surface area contributed by atoms with Crippen molar-refractivity contribution in [3.8, 4) is 0 Å². The van der Waals surface area contributed by atoms with Crippen LogP contribution in [0.3, 0.4) is 0 Å². The summed E-state index contributed by atoms with van der Waals surface area (Å²) in [6, 6.07) is 5.73. The lowest BCUT2D eigenvalue weighted by Gasteiger charge is -2.05. The molecule has 0 N–H and O–H groups in total. The van der Waals surface area contributed by atoms with Crippen LogP contribution in [-0.2, 0) is 11.2 Å². The largest absolute Gasteiger partial charge is 0.289 e. The molecule has 1 aromatic carbocycles. The van der Waals surface area contributed by atoms with Crippen molar-refractivity contribution < 1.29 is 4.79 Å². The van der Waals surface area contributed by atoms with Crippen LogP contribution < -0.4 is 0 Å². The summed E-state index contributed by atoms with van der Waals surface area (Å²) in [4.78, 5) is 28.0. The topological polar surface area (TPSA) is 84.2 Å². The number of thioether (sulfide) groups is 1. The lowest BCUT2D eigenvalue weighted by atomic mass is 10.1. The number of fused-ring (bicyclic) bond motifs is 1. The first-order valence-corrected chi connectivity index (χ1v) is 10.4. The van der Waals surface area contributed by atoms with Gasteiger partial charge in [-0.1, -0.05) is 37.3 Å². The number of carbonyl (C=O) groups excluding carboxylic acids is 1. The van der Waals surface area contributed by atoms with E-state index in [4.69, 9.17) is 0 Å². The molecule has 1 amide bonds. The number of carbonyl (C=O) groups is 1. The number of hydrogen-bond donors (Lipinski definition) is 0. The van der Waals surface area contributed by atoms with E-state index < -0.39 is 0 Å². The second kappa shape index (κ2) is 7.76. The maximum absolute atomic E-state index is 12.7. The predicted molar refractivity (Wildman–Crippen MR) is 113 cm³/mol. The number of aromatic nitrogens is 4. The summed E-state index contributed by atoms with van der Waals surface area (Å²) < 4.78 is 0. The number of benzene rings is 1. The molecule has 3 aromatic rings. The van der Waals surface area contributed by atoms with Crippen LogP contribution in [0.25, 0.3) is 17.1 Å². The first-order chi connectivity index (χ1) is 13.5. The Morgan fingerprint density at radius 3 is 2.86 bits per heavy atom. The minimum absolute atomic E-state index is 0.100. The summed E-state index contributed by atoms with van der Waals surface area (Å²) in [5, 5.41) is 10.4. The Bertz CT molecular complexity index is 1100. The molecule has 0 spiro atoms. The SMILES string of the molecule is CC(C)Cc1nnc(N=C2S/C(=C\c3cccc4nccnc34)C(=O)N2C)s1. The number of aliphatic imine (C=N–C) groups is 1. The summed E-state index contributed by atoms with van der Waals surface area (Å²) in [5.74, 6) is 0.411. The Hall–Kier alpha value is -2.65. The van der Waals surface area contributed by atoms with Crippen molar-refractivity contribution in [1.29, 1.82) is 0 Å². The van der Waals surface area contributed by atoms with Gasteiger partial charge in [0.2, 0.25) is 5.13 Å². The van der Waals surface area contributed by atoms with Crippen molar-refractivity contribution >= 4 is 56.4 Å². The molecule has 1 aliphatic rings. The van der Waals surface area contributed by atoms with E-state index in [1.165, 1.54) is 28.0 Å². The van der Waals surface area contributed by atoms with E-state index in [1.54, 1.807) is 19.4 Å². The van der Waals surface area contributed by atoms with Gasteiger partial charge in [-0.2, -0.15) is 4.99 Å². The van der Waals surface area contributed by atoms with E-state index in [0.717, 1.165) is 28.0 Å². The molecule has 1 aliphatic heterocycles. The summed E-state index contributed by atoms with van der Waals surface area (Å²) in [5.41, 5.74) is 2.41. The highest BCUT2D eigenvalue weighted by Gasteiger charge is 2.31. The molecule has 1 fully saturated rings. The van der Waals surface area contributed by atoms with Crippen LogP contribution in [0.1, 0.15) is 24.4 Å². The smallest absolute Gasteiger partial charge is 0.266 e. The Morgan fingerprint density at radius 1 is 1.21 bits per heavy atom. The number of rotatable bonds is 4. The molecule has 142 valence electrons. The molecule has 2 aromatic heterocycles. The third-order valence-electron chi connectivity index (χ3n) is 4.05. The molecule has 0 unspecified atom stereocenters. The second-order valence-corrected chi connectivity index (χ2v) is 8.77. The number of amides is 1. The molecule has 3 heterocycles. The number of nitrogens with zero attached hydrogens (tertiary/aromatic N) is 6. The highest BCUT2D eigenvalue weighted by molar-refractivity contribution is 8.18. The minimum Gasteiger partial charge on any atom is -0.289 e. The molecule has 0 aliphatic carbocycles. The first kappa shape index (κ1) is 18.7. The van der Waals surface area contributed by atoms with Gasteiger partial charge in [0.15, 0.2) is 5.17 Å². The van der Waals surface area contributed by atoms with Crippen LogP contribution in [0.15, 0.2) is 40.5 Å². The van der Waals surface area contributed by atoms with Gasteiger partial charge in [-0.15, -0.1) is 10.2 Å². The lowest BCUT2D eigenvalue weighted by molar-refractivity contribution is -0.121. The lowest BCUT2D eigenvalue weighted by Crippen LogP contribution is -2.23. The molecule has 4 rings (SSSR count). The quantitative estimate of drug-likeness (QED) is 0.606. The minimum atomic E-state index is -0.100. The molecular weight excluding hydrogens is 392 g/mol. The molecule has 9 heteroatoms. The Morgan fingerprint density at radius 2 is 2.04 bits per heavy atom. The standard InChI is InChI=1S/C19H18N6OS2/c1-11(2)9-15-23-24-18(28-15)22-19-25(3)17(26)14(27-19)10-12-5-4-6-13-16(12)21-8-7-20-13/h4-8,10-11H,9H2,1-3H3/b14-10-,22-19?. The second-order valence-electron chi connectivity index (χ2n) is 6.72. The van der Waals surface area contributed by atoms with Crippen LogP contribution in [-0.4, -0.2) is 43.2 Å². The van der Waals surface area contributed by atoms with Gasteiger partial charge in [0.05, 0.1) is 15.9 Å². The number of para-hydroxylation sites is 1. The van der Waals surface area contributed by atoms with Crippen LogP contribution in [0.5, 0.6) is 0 Å². The van der Waals surface area contributed by atoms with Crippen molar-refractivity contribution in [2.45, 2.75) is 20.3 Å². The summed E-state index contributed by atoms with van der Waals surface area (Å²) in [7, 11) is 1.72. The summed E-state index contributed by atoms with van der Waals surface area (Å²) in [6.45, 7) is 4.28. The van der Waals surface area contributed by atoms with E-state index in [2.05, 4.69) is 39.0 Å². The fourth-order valence-corrected chi connectivity index (χ4v) is 4.67. The van der Waals surface area contributed by atoms with Crippen molar-refractivity contribution in [2.75, 3.05) is 7.05 Å². The highest BCUT2D eigenvalue weighted by atomic mass is 32.2. The highest BCUT2D eigenvalue weighted by Crippen LogP contribution is 2.34. The van der Waals surface area contributed by atoms with Gasteiger partial charge in [-0.3, -0.25) is 19.7 Å². The Labute approximate surface area is 170 Å². The van der Waals surface area contributed by atoms with Gasteiger partial charge in [0.25, 0.3) is 5.91 Å². The molecule has 0 atom stereocenters. The Balaban J connectivity index is 1.63. The molecule has 0 radical (unpaired) electrons. The molecule has 28 heavy (non-hydrogen) atoms. The normalized spacial score (nSPS) is 17.6. The van der Waals surface area contributed by atoms with Gasteiger partial charge in [-0.25, -0.2) is 0 Å². The average molecular weight is 411 g/mol. The molecule has 0 bridgehead atoms. The number of amidine groups is 1. The predicted octanol–water partition coefficient (Wildman–Crippen LogP) is 3.91. The van der Waals surface area contributed by atoms with Crippen molar-refractivity contribution in [1.82, 2.24) is 25.1 Å². The van der Waals surface area contributed by atoms with E-state index in [9.17, 15) is 4.79 Å².